The van der Waals surface area contributed by atoms with Gasteiger partial charge in [-0.05, 0) is 38.2 Å². The van der Waals surface area contributed by atoms with E-state index in [4.69, 9.17) is 4.74 Å². The Morgan fingerprint density at radius 2 is 2.05 bits per heavy atom. The molecule has 0 radical (unpaired) electrons. The van der Waals surface area contributed by atoms with Crippen LogP contribution >= 0.6 is 0 Å². The molecule has 1 N–H and O–H groups in total. The molecule has 2 aromatic rings. The SMILES string of the molecule is CCNCc1cc2ccccc2c(OCCN(C)C)n1. The summed E-state index contributed by atoms with van der Waals surface area (Å²) in [7, 11) is 4.08. The van der Waals surface area contributed by atoms with E-state index in [2.05, 4.69) is 40.3 Å². The minimum Gasteiger partial charge on any atom is -0.476 e. The van der Waals surface area contributed by atoms with Crippen molar-refractivity contribution in [2.75, 3.05) is 33.8 Å². The van der Waals surface area contributed by atoms with Crippen molar-refractivity contribution < 1.29 is 4.74 Å². The van der Waals surface area contributed by atoms with E-state index in [0.29, 0.717) is 6.61 Å². The molecule has 0 aliphatic heterocycles. The molecule has 4 nitrogen and oxygen atoms in total. The molecule has 4 heteroatoms. The molecular weight excluding hydrogens is 250 g/mol. The first-order valence-corrected chi connectivity index (χ1v) is 7.07. The molecule has 0 aliphatic rings. The van der Waals surface area contributed by atoms with Gasteiger partial charge in [-0.3, -0.25) is 0 Å². The average Bonchev–Trinajstić information content (AvgIpc) is 2.44. The van der Waals surface area contributed by atoms with Gasteiger partial charge in [0.1, 0.15) is 6.61 Å². The molecule has 2 rings (SSSR count). The second kappa shape index (κ2) is 7.22. The minimum absolute atomic E-state index is 0.647. The fraction of sp³-hybridized carbons (Fsp3) is 0.438. The highest BCUT2D eigenvalue weighted by Gasteiger charge is 2.07. The normalized spacial score (nSPS) is 11.2. The summed E-state index contributed by atoms with van der Waals surface area (Å²) in [6.45, 7) is 5.33. The quantitative estimate of drug-likeness (QED) is 0.840. The number of benzene rings is 1. The number of hydrogen-bond acceptors (Lipinski definition) is 4. The molecule has 1 aromatic carbocycles. The molecule has 0 fully saturated rings. The third-order valence-electron chi connectivity index (χ3n) is 3.09. The first kappa shape index (κ1) is 14.8. The van der Waals surface area contributed by atoms with Gasteiger partial charge in [0, 0.05) is 18.5 Å². The van der Waals surface area contributed by atoms with E-state index in [1.54, 1.807) is 0 Å². The van der Waals surface area contributed by atoms with E-state index in [1.165, 1.54) is 5.39 Å². The molecule has 20 heavy (non-hydrogen) atoms. The van der Waals surface area contributed by atoms with Crippen LogP contribution < -0.4 is 10.1 Å². The molecular formula is C16H23N3O. The maximum absolute atomic E-state index is 5.87. The van der Waals surface area contributed by atoms with Crippen LogP contribution in [0.25, 0.3) is 10.8 Å². The van der Waals surface area contributed by atoms with E-state index >= 15 is 0 Å². The van der Waals surface area contributed by atoms with Crippen molar-refractivity contribution >= 4 is 10.8 Å². The van der Waals surface area contributed by atoms with Gasteiger partial charge in [-0.2, -0.15) is 0 Å². The Hall–Kier alpha value is -1.65. The summed E-state index contributed by atoms with van der Waals surface area (Å²) in [5, 5.41) is 5.56. The second-order valence-corrected chi connectivity index (χ2v) is 5.07. The minimum atomic E-state index is 0.647. The highest BCUT2D eigenvalue weighted by molar-refractivity contribution is 5.87. The maximum atomic E-state index is 5.87. The van der Waals surface area contributed by atoms with E-state index < -0.39 is 0 Å². The molecule has 0 saturated carbocycles. The van der Waals surface area contributed by atoms with E-state index in [-0.39, 0.29) is 0 Å². The van der Waals surface area contributed by atoms with Crippen LogP contribution in [0.1, 0.15) is 12.6 Å². The number of aromatic nitrogens is 1. The molecule has 0 bridgehead atoms. The number of ether oxygens (including phenoxy) is 1. The van der Waals surface area contributed by atoms with Gasteiger partial charge in [0.25, 0.3) is 0 Å². The lowest BCUT2D eigenvalue weighted by Gasteiger charge is -2.13. The molecule has 108 valence electrons. The van der Waals surface area contributed by atoms with Crippen LogP contribution in [-0.2, 0) is 6.54 Å². The van der Waals surface area contributed by atoms with Crippen molar-refractivity contribution in [1.29, 1.82) is 0 Å². The van der Waals surface area contributed by atoms with E-state index in [9.17, 15) is 0 Å². The van der Waals surface area contributed by atoms with Crippen LogP contribution in [0.2, 0.25) is 0 Å². The number of nitrogens with zero attached hydrogens (tertiary/aromatic N) is 2. The lowest BCUT2D eigenvalue weighted by atomic mass is 10.1. The zero-order valence-electron chi connectivity index (χ0n) is 12.5. The summed E-state index contributed by atoms with van der Waals surface area (Å²) in [6.07, 6.45) is 0. The fourth-order valence-corrected chi connectivity index (χ4v) is 2.00. The Bertz CT molecular complexity index is 554. The number of pyridine rings is 1. The van der Waals surface area contributed by atoms with Gasteiger partial charge in [-0.1, -0.05) is 25.1 Å². The van der Waals surface area contributed by atoms with Gasteiger partial charge in [-0.15, -0.1) is 0 Å². The Balaban J connectivity index is 2.24. The van der Waals surface area contributed by atoms with Crippen LogP contribution in [0.5, 0.6) is 5.88 Å². The molecule has 1 heterocycles. The maximum Gasteiger partial charge on any atom is 0.221 e. The Morgan fingerprint density at radius 3 is 2.80 bits per heavy atom. The molecule has 0 atom stereocenters. The summed E-state index contributed by atoms with van der Waals surface area (Å²) in [4.78, 5) is 6.73. The first-order chi connectivity index (χ1) is 9.70. The highest BCUT2D eigenvalue weighted by Crippen LogP contribution is 2.24. The fourth-order valence-electron chi connectivity index (χ4n) is 2.00. The number of hydrogen-bond donors (Lipinski definition) is 1. The molecule has 1 aromatic heterocycles. The van der Waals surface area contributed by atoms with Gasteiger partial charge >= 0.3 is 0 Å². The molecule has 0 aliphatic carbocycles. The predicted molar refractivity (Wildman–Crippen MR) is 83.2 cm³/mol. The summed E-state index contributed by atoms with van der Waals surface area (Å²) < 4.78 is 5.87. The lowest BCUT2D eigenvalue weighted by molar-refractivity contribution is 0.256. The van der Waals surface area contributed by atoms with Crippen molar-refractivity contribution in [2.45, 2.75) is 13.5 Å². The first-order valence-electron chi connectivity index (χ1n) is 7.07. The average molecular weight is 273 g/mol. The summed E-state index contributed by atoms with van der Waals surface area (Å²) >= 11 is 0. The number of likely N-dealkylation sites (N-methyl/N-ethyl adjacent to an activating group) is 1. The zero-order chi connectivity index (χ0) is 14.4. The molecule has 0 saturated heterocycles. The highest BCUT2D eigenvalue weighted by atomic mass is 16.5. The monoisotopic (exact) mass is 273 g/mol. The van der Waals surface area contributed by atoms with Gasteiger partial charge in [0.15, 0.2) is 0 Å². The van der Waals surface area contributed by atoms with Crippen LogP contribution in [0.4, 0.5) is 0 Å². The third-order valence-corrected chi connectivity index (χ3v) is 3.09. The van der Waals surface area contributed by atoms with Crippen molar-refractivity contribution in [3.8, 4) is 5.88 Å². The van der Waals surface area contributed by atoms with Crippen LogP contribution in [0, 0.1) is 0 Å². The molecule has 0 spiro atoms. The zero-order valence-corrected chi connectivity index (χ0v) is 12.5. The Morgan fingerprint density at radius 1 is 1.25 bits per heavy atom. The number of fused-ring (bicyclic) bond motifs is 1. The lowest BCUT2D eigenvalue weighted by Crippen LogP contribution is -2.20. The Kier molecular flexibility index (Phi) is 5.32. The van der Waals surface area contributed by atoms with E-state index in [1.807, 2.05) is 26.2 Å². The number of nitrogens with one attached hydrogen (secondary N) is 1. The summed E-state index contributed by atoms with van der Waals surface area (Å²) in [5.74, 6) is 0.734. The van der Waals surface area contributed by atoms with Gasteiger partial charge in [-0.25, -0.2) is 4.98 Å². The van der Waals surface area contributed by atoms with Crippen LogP contribution in [-0.4, -0.2) is 43.7 Å². The smallest absolute Gasteiger partial charge is 0.221 e. The molecule has 0 amide bonds. The molecule has 0 unspecified atom stereocenters. The van der Waals surface area contributed by atoms with Crippen molar-refractivity contribution in [3.63, 3.8) is 0 Å². The topological polar surface area (TPSA) is 37.4 Å². The standard InChI is InChI=1S/C16H23N3O/c1-4-17-12-14-11-13-7-5-6-8-15(13)16(18-14)20-10-9-19(2)3/h5-8,11,17H,4,9-10,12H2,1-3H3. The van der Waals surface area contributed by atoms with Crippen molar-refractivity contribution in [3.05, 3.63) is 36.0 Å². The summed E-state index contributed by atoms with van der Waals surface area (Å²) in [6, 6.07) is 10.3. The second-order valence-electron chi connectivity index (χ2n) is 5.07. The number of rotatable bonds is 7. The van der Waals surface area contributed by atoms with Gasteiger partial charge in [0.05, 0.1) is 5.69 Å². The van der Waals surface area contributed by atoms with Gasteiger partial charge in [0.2, 0.25) is 5.88 Å². The van der Waals surface area contributed by atoms with Crippen molar-refractivity contribution in [1.82, 2.24) is 15.2 Å². The largest absolute Gasteiger partial charge is 0.476 e. The third kappa shape index (κ3) is 3.92. The summed E-state index contributed by atoms with van der Waals surface area (Å²) in [5.41, 5.74) is 1.02. The van der Waals surface area contributed by atoms with E-state index in [0.717, 1.165) is 36.6 Å². The van der Waals surface area contributed by atoms with Crippen LogP contribution in [0.15, 0.2) is 30.3 Å². The van der Waals surface area contributed by atoms with Gasteiger partial charge < -0.3 is 15.0 Å². The van der Waals surface area contributed by atoms with Crippen molar-refractivity contribution in [2.24, 2.45) is 0 Å². The predicted octanol–water partition coefficient (Wildman–Crippen LogP) is 2.28. The Labute approximate surface area is 120 Å². The van der Waals surface area contributed by atoms with Crippen LogP contribution in [0.3, 0.4) is 0 Å².